The number of benzene rings is 13. The number of hydrogen-bond donors (Lipinski definition) is 0. The molecule has 0 unspecified atom stereocenters. The summed E-state index contributed by atoms with van der Waals surface area (Å²) < 4.78 is 0. The van der Waals surface area contributed by atoms with E-state index in [9.17, 15) is 0 Å². The summed E-state index contributed by atoms with van der Waals surface area (Å²) in [5, 5.41) is 4.85. The molecule has 2 nitrogen and oxygen atoms in total. The van der Waals surface area contributed by atoms with Crippen LogP contribution in [0.15, 0.2) is 243 Å². The molecule has 0 saturated heterocycles. The summed E-state index contributed by atoms with van der Waals surface area (Å²) in [6.45, 7) is 57.8. The lowest BCUT2D eigenvalue weighted by Crippen LogP contribution is -2.18. The van der Waals surface area contributed by atoms with E-state index < -0.39 is 0 Å². The van der Waals surface area contributed by atoms with Crippen molar-refractivity contribution in [2.75, 3.05) is 9.80 Å². The molecule has 0 heterocycles. The van der Waals surface area contributed by atoms with Crippen molar-refractivity contribution >= 4 is 55.7 Å². The average Bonchev–Trinajstić information content (AvgIpc) is 0.707. The van der Waals surface area contributed by atoms with E-state index in [4.69, 9.17) is 0 Å². The molecule has 4 saturated carbocycles. The van der Waals surface area contributed by atoms with E-state index in [1.54, 1.807) is 0 Å². The van der Waals surface area contributed by atoms with Gasteiger partial charge in [-0.2, -0.15) is 0 Å². The smallest absolute Gasteiger partial charge is 0.0620 e. The lowest BCUT2D eigenvalue weighted by molar-refractivity contribution is 0.435. The molecule has 686 valence electrons. The Labute approximate surface area is 797 Å². The van der Waals surface area contributed by atoms with Crippen LogP contribution >= 0.6 is 0 Å². The lowest BCUT2D eigenvalue weighted by Gasteiger charge is -2.36. The number of hydrogen-bond acceptors (Lipinski definition) is 2. The molecule has 0 bridgehead atoms. The van der Waals surface area contributed by atoms with Gasteiger partial charge in [-0.1, -0.05) is 413 Å². The second-order valence-electron chi connectivity index (χ2n) is 49.4. The first-order chi connectivity index (χ1) is 62.4. The highest BCUT2D eigenvalue weighted by atomic mass is 15.2. The van der Waals surface area contributed by atoms with E-state index in [1.807, 2.05) is 0 Å². The van der Waals surface area contributed by atoms with Gasteiger partial charge in [0.2, 0.25) is 0 Å². The van der Waals surface area contributed by atoms with Gasteiger partial charge < -0.3 is 9.80 Å². The molecule has 4 aliphatic carbocycles. The Morgan fingerprint density at radius 1 is 0.167 bits per heavy atom. The fourth-order valence-corrected chi connectivity index (χ4v) is 22.2. The maximum absolute atomic E-state index is 2.88. The predicted octanol–water partition coefficient (Wildman–Crippen LogP) is 39.5. The molecule has 0 radical (unpaired) electrons. The summed E-state index contributed by atoms with van der Waals surface area (Å²) in [6.07, 6.45) is 24.9. The third-order valence-corrected chi connectivity index (χ3v) is 30.8. The third-order valence-electron chi connectivity index (χ3n) is 30.8. The van der Waals surface area contributed by atoms with Gasteiger partial charge in [0.15, 0.2) is 0 Å². The van der Waals surface area contributed by atoms with Crippen LogP contribution in [0.1, 0.15) is 385 Å². The molecule has 0 aliphatic heterocycles. The normalized spacial score (nSPS) is 16.1. The molecule has 13 aromatic rings. The minimum absolute atomic E-state index is 0.125. The largest absolute Gasteiger partial charge is 0.309 e. The lowest BCUT2D eigenvalue weighted by atomic mass is 9.78. The van der Waals surface area contributed by atoms with Crippen LogP contribution in [0.4, 0.5) is 34.1 Å². The molecular weight excluding hydrogens is 1590 g/mol. The number of rotatable bonds is 16. The highest BCUT2D eigenvalue weighted by molar-refractivity contribution is 6.25. The summed E-state index contributed by atoms with van der Waals surface area (Å²) in [6, 6.07) is 101. The highest BCUT2D eigenvalue weighted by Crippen LogP contribution is 2.58. The Kier molecular flexibility index (Phi) is 26.0. The fraction of sp³-hybridized carbons (Fsp3) is 0.431. The van der Waals surface area contributed by atoms with Crippen molar-refractivity contribution in [3.63, 3.8) is 0 Å². The van der Waals surface area contributed by atoms with Crippen LogP contribution in [-0.4, -0.2) is 0 Å². The molecule has 4 aliphatic rings. The van der Waals surface area contributed by atoms with Crippen LogP contribution in [0.25, 0.3) is 88.3 Å². The number of nitrogens with zero attached hydrogens (tertiary/aromatic N) is 2. The molecule has 17 rings (SSSR count). The van der Waals surface area contributed by atoms with Crippen molar-refractivity contribution < 1.29 is 0 Å². The molecule has 4 fully saturated rings. The van der Waals surface area contributed by atoms with Crippen molar-refractivity contribution in [3.05, 3.63) is 309 Å². The zero-order valence-corrected chi connectivity index (χ0v) is 85.4. The maximum Gasteiger partial charge on any atom is 0.0620 e. The molecule has 2 heteroatoms. The van der Waals surface area contributed by atoms with E-state index in [0.29, 0.717) is 23.7 Å². The van der Waals surface area contributed by atoms with Crippen molar-refractivity contribution in [2.45, 2.75) is 362 Å². The first-order valence-corrected chi connectivity index (χ1v) is 51.4. The van der Waals surface area contributed by atoms with Gasteiger partial charge in [0.05, 0.1) is 11.4 Å². The van der Waals surface area contributed by atoms with Crippen LogP contribution in [-0.2, 0) is 43.3 Å². The van der Waals surface area contributed by atoms with E-state index in [1.165, 1.54) is 306 Å². The van der Waals surface area contributed by atoms with Crippen molar-refractivity contribution in [1.29, 1.82) is 0 Å². The standard InChI is InChI=1S/C130H156N2/c1-123(2,3)105-63-101(64-106(81-105)124(4,5)6)97-61-98(102-65-107(125(7,8)9)82-108(66-102)126(10,11)12)76-115(75-97)131(113-71-93(87-47-35-27-36-48-87)59-94(72-113)88-49-37-28-38-50-88)121-117-57-55-92(86-45-33-26-34-46-86)80-120(117)122(118-58-56-91(79-119(118)121)85-43-31-25-32-44-85)132(114-73-95(89-51-39-29-40-52-89)60-96(74-114)90-53-41-30-42-54-90)116-77-99(103-67-109(127(13,14)15)83-110(68-103)128(16,17)18)62-100(78-116)104-69-111(129(19,20)21)84-112(70-104)130(22,23)24/h25-26,31-34,43-46,55-84,87-90H,27-30,35-42,47-54H2,1-24H3. The van der Waals surface area contributed by atoms with E-state index in [2.05, 4.69) is 419 Å². The summed E-state index contributed by atoms with van der Waals surface area (Å²) in [7, 11) is 0. The first kappa shape index (κ1) is 93.8. The van der Waals surface area contributed by atoms with Crippen molar-refractivity contribution in [2.24, 2.45) is 0 Å². The molecule has 132 heavy (non-hydrogen) atoms. The van der Waals surface area contributed by atoms with Crippen LogP contribution in [0.2, 0.25) is 0 Å². The van der Waals surface area contributed by atoms with Crippen molar-refractivity contribution in [1.82, 2.24) is 0 Å². The minimum atomic E-state index is -0.125. The summed E-state index contributed by atoms with van der Waals surface area (Å²) in [5.74, 6) is 1.81. The van der Waals surface area contributed by atoms with Crippen molar-refractivity contribution in [3.8, 4) is 66.8 Å². The quantitative estimate of drug-likeness (QED) is 0.0703. The Morgan fingerprint density at radius 3 is 0.583 bits per heavy atom. The maximum atomic E-state index is 2.88. The van der Waals surface area contributed by atoms with Gasteiger partial charge >= 0.3 is 0 Å². The molecule has 13 aromatic carbocycles. The monoisotopic (exact) mass is 1750 g/mol. The Balaban J connectivity index is 1.10. The number of anilines is 6. The molecule has 0 amide bonds. The second kappa shape index (κ2) is 36.7. The predicted molar refractivity (Wildman–Crippen MR) is 576 cm³/mol. The zero-order valence-electron chi connectivity index (χ0n) is 85.4. The summed E-state index contributed by atoms with van der Waals surface area (Å²) >= 11 is 0. The highest BCUT2D eigenvalue weighted by Gasteiger charge is 2.36. The van der Waals surface area contributed by atoms with Crippen LogP contribution in [0.5, 0.6) is 0 Å². The minimum Gasteiger partial charge on any atom is -0.309 e. The van der Waals surface area contributed by atoms with Gasteiger partial charge in [-0.15, -0.1) is 0 Å². The van der Waals surface area contributed by atoms with Gasteiger partial charge in [-0.25, -0.2) is 0 Å². The van der Waals surface area contributed by atoms with Crippen LogP contribution in [0.3, 0.4) is 0 Å². The SMILES string of the molecule is CC(C)(C)c1cc(-c2cc(-c3cc(C(C)(C)C)cc(C(C)(C)C)c3)cc(N(c3cc(C4CCCCC4)cc(C4CCCCC4)c3)c3c4ccc(-c5ccccc5)cc4c(N(c4cc(-c5cc(C(C)(C)C)cc(C(C)(C)C)c5)cc(-c5cc(C(C)(C)C)cc(C(C)(C)C)c5)c4)c4cc(C5CCCCC5)cc(C5CCCCC5)c4)c4ccc(-c5ccccc5)cc34)c2)cc(C(C)(C)C)c1. The van der Waals surface area contributed by atoms with E-state index >= 15 is 0 Å². The Bertz CT molecular complexity index is 5570. The van der Waals surface area contributed by atoms with E-state index in [0.717, 1.165) is 11.4 Å². The second-order valence-corrected chi connectivity index (χ2v) is 49.4. The summed E-state index contributed by atoms with van der Waals surface area (Å²) in [4.78, 5) is 5.76. The van der Waals surface area contributed by atoms with Crippen LogP contribution in [0, 0.1) is 0 Å². The first-order valence-electron chi connectivity index (χ1n) is 51.4. The third kappa shape index (κ3) is 20.5. The van der Waals surface area contributed by atoms with Gasteiger partial charge in [0, 0.05) is 44.3 Å². The molecular formula is C130H156N2. The summed E-state index contributed by atoms with van der Waals surface area (Å²) in [5.41, 5.74) is 37.8. The molecule has 0 spiro atoms. The van der Waals surface area contributed by atoms with Gasteiger partial charge in [-0.3, -0.25) is 0 Å². The fourth-order valence-electron chi connectivity index (χ4n) is 22.2. The Hall–Kier alpha value is -10.0. The Morgan fingerprint density at radius 2 is 0.371 bits per heavy atom. The number of fused-ring (bicyclic) bond motifs is 2. The topological polar surface area (TPSA) is 6.48 Å². The zero-order chi connectivity index (χ0) is 93.5. The van der Waals surface area contributed by atoms with Gasteiger partial charge in [-0.05, 0) is 325 Å². The molecule has 0 atom stereocenters. The van der Waals surface area contributed by atoms with Gasteiger partial charge in [0.25, 0.3) is 0 Å². The van der Waals surface area contributed by atoms with E-state index in [-0.39, 0.29) is 43.3 Å². The molecule has 0 N–H and O–H groups in total. The van der Waals surface area contributed by atoms with Gasteiger partial charge in [0.1, 0.15) is 0 Å². The average molecular weight is 1750 g/mol. The molecule has 0 aromatic heterocycles. The van der Waals surface area contributed by atoms with Crippen LogP contribution < -0.4 is 9.80 Å².